The molecule has 3 rings (SSSR count). The van der Waals surface area contributed by atoms with Crippen LogP contribution in [-0.2, 0) is 6.54 Å². The van der Waals surface area contributed by atoms with Gasteiger partial charge in [-0.15, -0.1) is 0 Å². The van der Waals surface area contributed by atoms with Crippen molar-refractivity contribution < 1.29 is 0 Å². The largest absolute Gasteiger partial charge is 0.361 e. The van der Waals surface area contributed by atoms with Gasteiger partial charge in [0.15, 0.2) is 0 Å². The monoisotopic (exact) mass is 248 g/mol. The molecule has 2 heteroatoms. The first-order chi connectivity index (χ1) is 9.36. The van der Waals surface area contributed by atoms with Crippen LogP contribution in [0.25, 0.3) is 10.9 Å². The maximum absolute atomic E-state index is 3.49. The van der Waals surface area contributed by atoms with Gasteiger partial charge in [0.25, 0.3) is 0 Å². The van der Waals surface area contributed by atoms with Gasteiger partial charge in [0.05, 0.1) is 6.42 Å². The quantitative estimate of drug-likeness (QED) is 0.728. The number of aromatic amines is 1. The highest BCUT2D eigenvalue weighted by molar-refractivity contribution is 5.80. The van der Waals surface area contributed by atoms with Crippen molar-refractivity contribution in [2.75, 3.05) is 7.05 Å². The summed E-state index contributed by atoms with van der Waals surface area (Å²) in [5.41, 5.74) is 4.68. The maximum Gasteiger partial charge on any atom is 0.0505 e. The van der Waals surface area contributed by atoms with Crippen molar-refractivity contribution in [2.45, 2.75) is 6.54 Å². The molecule has 19 heavy (non-hydrogen) atoms. The number of benzene rings is 2. The van der Waals surface area contributed by atoms with E-state index in [1.807, 2.05) is 13.2 Å². The molecule has 0 amide bonds. The molecule has 3 aromatic rings. The van der Waals surface area contributed by atoms with Gasteiger partial charge in [0, 0.05) is 18.3 Å². The average Bonchev–Trinajstić information content (AvgIpc) is 2.89. The Bertz CT molecular complexity index is 682. The molecule has 0 saturated heterocycles. The van der Waals surface area contributed by atoms with Crippen LogP contribution in [0.15, 0.2) is 54.7 Å². The van der Waals surface area contributed by atoms with Crippen molar-refractivity contribution in [1.29, 1.82) is 0 Å². The van der Waals surface area contributed by atoms with Crippen LogP contribution in [0.2, 0.25) is 0 Å². The van der Waals surface area contributed by atoms with Crippen LogP contribution < -0.4 is 5.32 Å². The summed E-state index contributed by atoms with van der Waals surface area (Å²) in [5.74, 6) is 0. The second kappa shape index (κ2) is 5.29. The van der Waals surface area contributed by atoms with Crippen molar-refractivity contribution >= 4 is 10.9 Å². The molecule has 0 saturated carbocycles. The Hall–Kier alpha value is -2.06. The molecule has 1 heterocycles. The van der Waals surface area contributed by atoms with Gasteiger partial charge < -0.3 is 10.3 Å². The molecular formula is C17H16N2. The van der Waals surface area contributed by atoms with E-state index in [0.717, 1.165) is 23.2 Å². The Balaban J connectivity index is 1.91. The summed E-state index contributed by atoms with van der Waals surface area (Å²) in [7, 11) is 1.96. The minimum atomic E-state index is 0.857. The number of H-pyrrole nitrogens is 1. The normalized spacial score (nSPS) is 11.0. The summed E-state index contributed by atoms with van der Waals surface area (Å²) in [5, 5.41) is 4.41. The maximum atomic E-state index is 3.49. The molecule has 2 aromatic carbocycles. The van der Waals surface area contributed by atoms with Crippen molar-refractivity contribution in [2.24, 2.45) is 0 Å². The fourth-order valence-electron chi connectivity index (χ4n) is 2.27. The molecule has 94 valence electrons. The molecular weight excluding hydrogens is 232 g/mol. The van der Waals surface area contributed by atoms with Gasteiger partial charge in [-0.05, 0) is 47.3 Å². The molecule has 0 aliphatic rings. The molecule has 2 N–H and O–H groups in total. The Labute approximate surface area is 113 Å². The number of nitrogens with one attached hydrogen (secondary N) is 2. The smallest absolute Gasteiger partial charge is 0.0505 e. The van der Waals surface area contributed by atoms with Crippen LogP contribution in [0.5, 0.6) is 0 Å². The van der Waals surface area contributed by atoms with Crippen LogP contribution in [0.1, 0.15) is 16.7 Å². The lowest BCUT2D eigenvalue weighted by molar-refractivity contribution is 0.813. The van der Waals surface area contributed by atoms with Crippen LogP contribution in [0.3, 0.4) is 0 Å². The van der Waals surface area contributed by atoms with Crippen LogP contribution in [0, 0.1) is 6.42 Å². The number of hydrogen-bond donors (Lipinski definition) is 2. The topological polar surface area (TPSA) is 27.8 Å². The molecule has 2 radical (unpaired) electrons. The van der Waals surface area contributed by atoms with Crippen molar-refractivity contribution in [3.8, 4) is 0 Å². The van der Waals surface area contributed by atoms with E-state index >= 15 is 0 Å². The highest BCUT2D eigenvalue weighted by Gasteiger charge is 2.04. The highest BCUT2D eigenvalue weighted by atomic mass is 14.8. The second-order valence-electron chi connectivity index (χ2n) is 4.59. The van der Waals surface area contributed by atoms with E-state index in [0.29, 0.717) is 0 Å². The Morgan fingerprint density at radius 1 is 1.11 bits per heavy atom. The lowest BCUT2D eigenvalue weighted by Gasteiger charge is -2.08. The van der Waals surface area contributed by atoms with E-state index in [1.165, 1.54) is 10.9 Å². The van der Waals surface area contributed by atoms with Crippen molar-refractivity contribution in [3.63, 3.8) is 0 Å². The number of rotatable bonds is 4. The molecule has 0 spiro atoms. The van der Waals surface area contributed by atoms with Crippen molar-refractivity contribution in [3.05, 3.63) is 77.8 Å². The van der Waals surface area contributed by atoms with Gasteiger partial charge in [-0.25, -0.2) is 0 Å². The average molecular weight is 248 g/mol. The molecule has 0 fully saturated rings. The number of fused-ring (bicyclic) bond motifs is 1. The van der Waals surface area contributed by atoms with E-state index in [-0.39, 0.29) is 0 Å². The Morgan fingerprint density at radius 2 is 2.00 bits per heavy atom. The molecule has 2 nitrogen and oxygen atoms in total. The van der Waals surface area contributed by atoms with Gasteiger partial charge in [-0.3, -0.25) is 0 Å². The van der Waals surface area contributed by atoms with E-state index in [1.54, 1.807) is 0 Å². The lowest BCUT2D eigenvalue weighted by atomic mass is 9.99. The molecule has 0 bridgehead atoms. The fourth-order valence-corrected chi connectivity index (χ4v) is 2.27. The third kappa shape index (κ3) is 2.54. The van der Waals surface area contributed by atoms with E-state index in [9.17, 15) is 0 Å². The van der Waals surface area contributed by atoms with Gasteiger partial charge in [0.2, 0.25) is 0 Å². The summed E-state index contributed by atoms with van der Waals surface area (Å²) in [4.78, 5) is 3.20. The van der Waals surface area contributed by atoms with Gasteiger partial charge in [-0.1, -0.05) is 30.3 Å². The summed E-state index contributed by atoms with van der Waals surface area (Å²) in [6.45, 7) is 0.857. The molecule has 0 atom stereocenters. The fraction of sp³-hybridized carbons (Fsp3) is 0.118. The summed E-state index contributed by atoms with van der Waals surface area (Å²) >= 11 is 0. The molecule has 0 aliphatic carbocycles. The van der Waals surface area contributed by atoms with E-state index in [2.05, 4.69) is 65.3 Å². The van der Waals surface area contributed by atoms with E-state index < -0.39 is 0 Å². The SMILES string of the molecule is CNCc1ccccc1[C]c1ccc2[nH]ccc2c1. The highest BCUT2D eigenvalue weighted by Crippen LogP contribution is 2.20. The zero-order valence-electron chi connectivity index (χ0n) is 10.9. The number of hydrogen-bond acceptors (Lipinski definition) is 1. The van der Waals surface area contributed by atoms with E-state index in [4.69, 9.17) is 0 Å². The Kier molecular flexibility index (Phi) is 3.34. The first-order valence-electron chi connectivity index (χ1n) is 6.43. The standard InChI is InChI=1S/C17H16N2/c1-18-12-16-5-3-2-4-14(16)10-13-6-7-17-15(11-13)8-9-19-17/h2-9,11,18-19H,12H2,1H3. The summed E-state index contributed by atoms with van der Waals surface area (Å²) in [6.07, 6.45) is 5.45. The van der Waals surface area contributed by atoms with Gasteiger partial charge in [-0.2, -0.15) is 0 Å². The molecule has 1 aromatic heterocycles. The van der Waals surface area contributed by atoms with Crippen LogP contribution >= 0.6 is 0 Å². The van der Waals surface area contributed by atoms with Crippen molar-refractivity contribution in [1.82, 2.24) is 10.3 Å². The minimum absolute atomic E-state index is 0.857. The third-order valence-corrected chi connectivity index (χ3v) is 3.22. The van der Waals surface area contributed by atoms with Gasteiger partial charge in [0.1, 0.15) is 0 Å². The molecule has 0 unspecified atom stereocenters. The predicted octanol–water partition coefficient (Wildman–Crippen LogP) is 3.36. The third-order valence-electron chi connectivity index (χ3n) is 3.22. The summed E-state index contributed by atoms with van der Waals surface area (Å²) < 4.78 is 0. The number of aromatic nitrogens is 1. The lowest BCUT2D eigenvalue weighted by Crippen LogP contribution is -2.07. The Morgan fingerprint density at radius 3 is 2.89 bits per heavy atom. The first-order valence-corrected chi connectivity index (χ1v) is 6.43. The molecule has 0 aliphatic heterocycles. The predicted molar refractivity (Wildman–Crippen MR) is 79.0 cm³/mol. The zero-order chi connectivity index (χ0) is 13.1. The zero-order valence-corrected chi connectivity index (χ0v) is 10.9. The van der Waals surface area contributed by atoms with Gasteiger partial charge >= 0.3 is 0 Å². The minimum Gasteiger partial charge on any atom is -0.361 e. The first kappa shape index (κ1) is 12.0. The van der Waals surface area contributed by atoms with Crippen LogP contribution in [-0.4, -0.2) is 12.0 Å². The van der Waals surface area contributed by atoms with Crippen LogP contribution in [0.4, 0.5) is 0 Å². The summed E-state index contributed by atoms with van der Waals surface area (Å²) in [6, 6.07) is 16.8. The second-order valence-corrected chi connectivity index (χ2v) is 4.59.